The first-order valence-corrected chi connectivity index (χ1v) is 4.51. The van der Waals surface area contributed by atoms with E-state index in [1.165, 1.54) is 0 Å². The number of carbonyl (C=O) groups is 2. The highest BCUT2D eigenvalue weighted by atomic mass is 16.5. The van der Waals surface area contributed by atoms with Crippen LogP contribution in [0.2, 0.25) is 0 Å². The van der Waals surface area contributed by atoms with Crippen molar-refractivity contribution in [3.63, 3.8) is 0 Å². The van der Waals surface area contributed by atoms with Gasteiger partial charge in [-0.05, 0) is 11.8 Å². The molecule has 0 amide bonds. The maximum absolute atomic E-state index is 10.9. The molecular weight excluding hydrogens is 184 g/mol. The van der Waals surface area contributed by atoms with Crippen LogP contribution in [-0.4, -0.2) is 23.7 Å². The molecule has 0 saturated heterocycles. The third-order valence-electron chi connectivity index (χ3n) is 1.99. The fraction of sp³-hybridized carbons (Fsp3) is 0.600. The van der Waals surface area contributed by atoms with Crippen molar-refractivity contribution in [3.8, 4) is 0 Å². The first-order valence-electron chi connectivity index (χ1n) is 4.51. The van der Waals surface area contributed by atoms with Crippen LogP contribution < -0.4 is 0 Å². The first-order chi connectivity index (χ1) is 6.43. The van der Waals surface area contributed by atoms with E-state index in [1.54, 1.807) is 0 Å². The minimum Gasteiger partial charge on any atom is -0.478 e. The smallest absolute Gasteiger partial charge is 0.331 e. The Morgan fingerprint density at radius 3 is 2.29 bits per heavy atom. The van der Waals surface area contributed by atoms with Crippen LogP contribution in [0.1, 0.15) is 20.8 Å². The molecule has 0 bridgehead atoms. The Kier molecular flexibility index (Phi) is 5.60. The molecule has 4 nitrogen and oxygen atoms in total. The highest BCUT2D eigenvalue weighted by Crippen LogP contribution is 2.09. The minimum absolute atomic E-state index is 0.275. The summed E-state index contributed by atoms with van der Waals surface area (Å²) in [6, 6.07) is 0. The average Bonchev–Trinajstić information content (AvgIpc) is 2.10. The summed E-state index contributed by atoms with van der Waals surface area (Å²) in [6.07, 6.45) is 1.68. The summed E-state index contributed by atoms with van der Waals surface area (Å²) in [5.41, 5.74) is 0. The molecule has 0 aliphatic rings. The summed E-state index contributed by atoms with van der Waals surface area (Å²) in [5, 5.41) is 8.23. The Bertz CT molecular complexity index is 230. The summed E-state index contributed by atoms with van der Waals surface area (Å²) in [7, 11) is 0. The van der Waals surface area contributed by atoms with Crippen molar-refractivity contribution < 1.29 is 19.4 Å². The van der Waals surface area contributed by atoms with Gasteiger partial charge in [-0.2, -0.15) is 0 Å². The van der Waals surface area contributed by atoms with Gasteiger partial charge >= 0.3 is 11.9 Å². The molecule has 0 spiro atoms. The van der Waals surface area contributed by atoms with Gasteiger partial charge in [0.2, 0.25) is 0 Å². The van der Waals surface area contributed by atoms with E-state index in [0.29, 0.717) is 12.5 Å². The number of carbonyl (C=O) groups excluding carboxylic acids is 1. The number of ether oxygens (including phenoxy) is 1. The zero-order chi connectivity index (χ0) is 11.1. The summed E-state index contributed by atoms with van der Waals surface area (Å²) in [5.74, 6) is -1.05. The molecule has 14 heavy (non-hydrogen) atoms. The average molecular weight is 200 g/mol. The summed E-state index contributed by atoms with van der Waals surface area (Å²) < 4.78 is 4.83. The Morgan fingerprint density at radius 1 is 1.29 bits per heavy atom. The zero-order valence-corrected chi connectivity index (χ0v) is 8.69. The van der Waals surface area contributed by atoms with Gasteiger partial charge in [0.25, 0.3) is 0 Å². The largest absolute Gasteiger partial charge is 0.478 e. The predicted molar refractivity (Wildman–Crippen MR) is 51.7 cm³/mol. The minimum atomic E-state index is -1.15. The van der Waals surface area contributed by atoms with Crippen LogP contribution in [0.15, 0.2) is 12.2 Å². The molecule has 80 valence electrons. The van der Waals surface area contributed by atoms with Crippen LogP contribution in [-0.2, 0) is 14.3 Å². The van der Waals surface area contributed by atoms with Gasteiger partial charge in [0.05, 0.1) is 6.61 Å². The van der Waals surface area contributed by atoms with Gasteiger partial charge in [0.15, 0.2) is 0 Å². The van der Waals surface area contributed by atoms with Crippen molar-refractivity contribution in [1.29, 1.82) is 0 Å². The third kappa shape index (κ3) is 6.22. The molecule has 1 unspecified atom stereocenters. The molecule has 0 fully saturated rings. The normalized spacial score (nSPS) is 13.1. The summed E-state index contributed by atoms with van der Waals surface area (Å²) in [6.45, 7) is 6.36. The maximum atomic E-state index is 10.9. The van der Waals surface area contributed by atoms with Crippen LogP contribution in [0.3, 0.4) is 0 Å². The Morgan fingerprint density at radius 2 is 1.86 bits per heavy atom. The molecule has 0 aliphatic carbocycles. The molecule has 0 radical (unpaired) electrons. The quantitative estimate of drug-likeness (QED) is 0.539. The second kappa shape index (κ2) is 6.18. The Hall–Kier alpha value is -1.32. The number of hydrogen-bond acceptors (Lipinski definition) is 3. The molecule has 0 saturated carbocycles. The molecule has 0 aromatic carbocycles. The van der Waals surface area contributed by atoms with Crippen LogP contribution in [0.25, 0.3) is 0 Å². The first kappa shape index (κ1) is 12.7. The van der Waals surface area contributed by atoms with E-state index in [1.807, 2.05) is 20.8 Å². The monoisotopic (exact) mass is 200 g/mol. The lowest BCUT2D eigenvalue weighted by molar-refractivity contribution is -0.140. The third-order valence-corrected chi connectivity index (χ3v) is 1.99. The molecule has 4 heteroatoms. The lowest BCUT2D eigenvalue weighted by atomic mass is 9.99. The van der Waals surface area contributed by atoms with Gasteiger partial charge in [0.1, 0.15) is 0 Å². The van der Waals surface area contributed by atoms with Crippen LogP contribution in [0, 0.1) is 11.8 Å². The number of aliphatic carboxylic acids is 1. The molecule has 1 atom stereocenters. The van der Waals surface area contributed by atoms with Crippen molar-refractivity contribution in [2.24, 2.45) is 11.8 Å². The zero-order valence-electron chi connectivity index (χ0n) is 8.69. The number of carboxylic acid groups (broad SMARTS) is 1. The standard InChI is InChI=1S/C10H16O4/c1-7(2)8(3)6-14-10(13)5-4-9(11)12/h4-5,7-8H,6H2,1-3H3,(H,11,12). The Labute approximate surface area is 83.6 Å². The van der Waals surface area contributed by atoms with E-state index in [4.69, 9.17) is 9.84 Å². The SMILES string of the molecule is CC(C)C(C)COC(=O)C=CC(=O)O. The molecule has 0 heterocycles. The van der Waals surface area contributed by atoms with Gasteiger partial charge < -0.3 is 9.84 Å². The van der Waals surface area contributed by atoms with Crippen molar-refractivity contribution in [2.45, 2.75) is 20.8 Å². The van der Waals surface area contributed by atoms with E-state index >= 15 is 0 Å². The molecule has 0 aliphatic heterocycles. The fourth-order valence-electron chi connectivity index (χ4n) is 0.593. The predicted octanol–water partition coefficient (Wildman–Crippen LogP) is 1.46. The molecule has 0 aromatic heterocycles. The van der Waals surface area contributed by atoms with Gasteiger partial charge in [-0.3, -0.25) is 0 Å². The lowest BCUT2D eigenvalue weighted by Crippen LogP contribution is -2.14. The molecular formula is C10H16O4. The van der Waals surface area contributed by atoms with E-state index in [2.05, 4.69) is 0 Å². The topological polar surface area (TPSA) is 63.6 Å². The van der Waals surface area contributed by atoms with E-state index in [9.17, 15) is 9.59 Å². The summed E-state index contributed by atoms with van der Waals surface area (Å²) >= 11 is 0. The maximum Gasteiger partial charge on any atom is 0.331 e. The number of hydrogen-bond donors (Lipinski definition) is 1. The van der Waals surface area contributed by atoms with Crippen molar-refractivity contribution >= 4 is 11.9 Å². The van der Waals surface area contributed by atoms with Crippen molar-refractivity contribution in [2.75, 3.05) is 6.61 Å². The van der Waals surface area contributed by atoms with E-state index in [-0.39, 0.29) is 5.92 Å². The van der Waals surface area contributed by atoms with Crippen LogP contribution in [0.4, 0.5) is 0 Å². The van der Waals surface area contributed by atoms with Crippen molar-refractivity contribution in [3.05, 3.63) is 12.2 Å². The van der Waals surface area contributed by atoms with Gasteiger partial charge in [0, 0.05) is 12.2 Å². The molecule has 1 N–H and O–H groups in total. The fourth-order valence-corrected chi connectivity index (χ4v) is 0.593. The van der Waals surface area contributed by atoms with E-state index in [0.717, 1.165) is 12.2 Å². The number of esters is 1. The highest BCUT2D eigenvalue weighted by Gasteiger charge is 2.08. The van der Waals surface area contributed by atoms with E-state index < -0.39 is 11.9 Å². The second-order valence-corrected chi connectivity index (χ2v) is 3.52. The van der Waals surface area contributed by atoms with Gasteiger partial charge in [-0.1, -0.05) is 20.8 Å². The number of carboxylic acids is 1. The second-order valence-electron chi connectivity index (χ2n) is 3.52. The van der Waals surface area contributed by atoms with Gasteiger partial charge in [-0.15, -0.1) is 0 Å². The summed E-state index contributed by atoms with van der Waals surface area (Å²) in [4.78, 5) is 21.0. The number of rotatable bonds is 5. The van der Waals surface area contributed by atoms with Crippen LogP contribution >= 0.6 is 0 Å². The van der Waals surface area contributed by atoms with Crippen LogP contribution in [0.5, 0.6) is 0 Å². The lowest BCUT2D eigenvalue weighted by Gasteiger charge is -2.14. The Balaban J connectivity index is 3.80. The molecule has 0 aromatic rings. The highest BCUT2D eigenvalue weighted by molar-refractivity contribution is 5.90. The van der Waals surface area contributed by atoms with Gasteiger partial charge in [-0.25, -0.2) is 9.59 Å². The van der Waals surface area contributed by atoms with Crippen molar-refractivity contribution in [1.82, 2.24) is 0 Å². The molecule has 0 rings (SSSR count).